The molecule has 101 heavy (non-hydrogen) atoms. The minimum absolute atomic E-state index is 0.272. The zero-order valence-electron chi connectivity index (χ0n) is 63.4. The highest BCUT2D eigenvalue weighted by Crippen LogP contribution is 2.30. The number of nitrogens with zero attached hydrogens (tertiary/aromatic N) is 20. The van der Waals surface area contributed by atoms with Crippen molar-refractivity contribution in [1.29, 1.82) is 0 Å². The molecule has 27 heteroatoms. The van der Waals surface area contributed by atoms with Gasteiger partial charge in [0.15, 0.2) is 28.7 Å². The first kappa shape index (κ1) is 78.4. The molecule has 0 aliphatic rings. The lowest BCUT2D eigenvalue weighted by atomic mass is 10.2. The molecular formula is C74H104N26S. The number of rotatable bonds is 18. The van der Waals surface area contributed by atoms with Crippen LogP contribution in [0.3, 0.4) is 0 Å². The Bertz CT molecular complexity index is 4020. The maximum absolute atomic E-state index is 4.60. The van der Waals surface area contributed by atoms with Crippen LogP contribution in [-0.2, 0) is 0 Å². The van der Waals surface area contributed by atoms with Gasteiger partial charge in [0.05, 0.1) is 38.2 Å². The van der Waals surface area contributed by atoms with E-state index in [1.807, 2.05) is 24.4 Å². The second-order valence-electron chi connectivity index (χ2n) is 27.9. The lowest BCUT2D eigenvalue weighted by molar-refractivity contribution is 0.775. The Morgan fingerprint density at radius 2 is 0.663 bits per heavy atom. The molecule has 26 nitrogen and oxygen atoms in total. The molecule has 0 radical (unpaired) electrons. The van der Waals surface area contributed by atoms with Crippen LogP contribution in [0.2, 0.25) is 0 Å². The molecule has 0 fully saturated rings. The van der Waals surface area contributed by atoms with E-state index in [4.69, 9.17) is 0 Å². The quantitative estimate of drug-likeness (QED) is 0.0465. The van der Waals surface area contributed by atoms with Gasteiger partial charge in [0, 0.05) is 109 Å². The first-order chi connectivity index (χ1) is 48.0. The number of thiophene rings is 1. The summed E-state index contributed by atoms with van der Waals surface area (Å²) >= 11 is 1.69. The number of nitrogens with one attached hydrogen (secondary N) is 6. The van der Waals surface area contributed by atoms with E-state index < -0.39 is 0 Å². The highest BCUT2D eigenvalue weighted by molar-refractivity contribution is 7.17. The topological polar surface area (TPSA) is 330 Å². The van der Waals surface area contributed by atoms with Crippen molar-refractivity contribution in [2.24, 2.45) is 0 Å². The predicted octanol–water partition coefficient (Wildman–Crippen LogP) is 16.7. The van der Waals surface area contributed by atoms with Crippen LogP contribution in [0, 0.1) is 0 Å². The van der Waals surface area contributed by atoms with Gasteiger partial charge in [0.2, 0.25) is 0 Å². The molecule has 0 saturated heterocycles. The number of hydrogen-bond acceptors (Lipinski definition) is 27. The van der Waals surface area contributed by atoms with Crippen LogP contribution in [0.15, 0.2) is 85.7 Å². The highest BCUT2D eigenvalue weighted by atomic mass is 32.1. The summed E-state index contributed by atoms with van der Waals surface area (Å²) in [6, 6.07) is 9.84. The Hall–Kier alpha value is -9.92. The van der Waals surface area contributed by atoms with Gasteiger partial charge in [0.25, 0.3) is 0 Å². The van der Waals surface area contributed by atoms with Gasteiger partial charge < -0.3 is 31.9 Å². The smallest absolute Gasteiger partial charge is 0.183 e. The molecule has 12 aromatic rings. The monoisotopic (exact) mass is 1390 g/mol. The van der Waals surface area contributed by atoms with Crippen molar-refractivity contribution in [1.82, 2.24) is 99.7 Å². The van der Waals surface area contributed by atoms with Crippen molar-refractivity contribution >= 4 is 112 Å². The van der Waals surface area contributed by atoms with Crippen molar-refractivity contribution in [3.8, 4) is 0 Å². The summed E-state index contributed by atoms with van der Waals surface area (Å²) in [4.78, 5) is 87.7. The Morgan fingerprint density at radius 1 is 0.277 bits per heavy atom. The van der Waals surface area contributed by atoms with E-state index in [0.717, 1.165) is 124 Å². The molecule has 0 atom stereocenters. The molecule has 0 saturated carbocycles. The summed E-state index contributed by atoms with van der Waals surface area (Å²) in [6.45, 7) is 50.1. The SMILES string of the molecule is CC(C)Nc1nc(C(C)C)nc2cccnc12.CC(C)Nc1nc(C(C)C)nc2ccncc12.CC(C)Nc1nc(C(C)C)nc2ccsc12.CC(C)Nc1nc(C(C)C)nc2cncnc12.CC(C)Nc1nc(C(C)C)nc2nccnc12.CC(C)Nc1nc(C(C)C)nc2ncncc12. The molecule has 0 aromatic carbocycles. The second kappa shape index (κ2) is 37.0. The van der Waals surface area contributed by atoms with Crippen LogP contribution >= 0.6 is 11.3 Å². The predicted molar refractivity (Wildman–Crippen MR) is 415 cm³/mol. The van der Waals surface area contributed by atoms with Gasteiger partial charge >= 0.3 is 0 Å². The lowest BCUT2D eigenvalue weighted by Crippen LogP contribution is -2.14. The Morgan fingerprint density at radius 3 is 1.20 bits per heavy atom. The molecule has 0 aliphatic heterocycles. The third kappa shape index (κ3) is 22.8. The van der Waals surface area contributed by atoms with E-state index >= 15 is 0 Å². The van der Waals surface area contributed by atoms with Gasteiger partial charge in [-0.05, 0) is 113 Å². The Labute approximate surface area is 598 Å². The maximum atomic E-state index is 4.60. The van der Waals surface area contributed by atoms with E-state index in [9.17, 15) is 0 Å². The fraction of sp³-hybridized carbons (Fsp3) is 0.486. The Kier molecular flexibility index (Phi) is 28.7. The first-order valence-corrected chi connectivity index (χ1v) is 35.9. The van der Waals surface area contributed by atoms with Crippen molar-refractivity contribution < 1.29 is 0 Å². The molecule has 12 rings (SSSR count). The van der Waals surface area contributed by atoms with E-state index in [1.54, 1.807) is 48.5 Å². The summed E-state index contributed by atoms with van der Waals surface area (Å²) in [6.07, 6.45) is 15.2. The molecule has 0 unspecified atom stereocenters. The van der Waals surface area contributed by atoms with Crippen molar-refractivity contribution in [2.45, 2.75) is 238 Å². The van der Waals surface area contributed by atoms with Crippen LogP contribution in [0.4, 0.5) is 34.9 Å². The first-order valence-electron chi connectivity index (χ1n) is 35.0. The van der Waals surface area contributed by atoms with Crippen LogP contribution in [0.25, 0.3) is 65.4 Å². The number of aromatic nitrogens is 20. The fourth-order valence-electron chi connectivity index (χ4n) is 9.34. The maximum Gasteiger partial charge on any atom is 0.183 e. The van der Waals surface area contributed by atoms with E-state index in [-0.39, 0.29) is 17.8 Å². The molecule has 6 N–H and O–H groups in total. The highest BCUT2D eigenvalue weighted by Gasteiger charge is 2.18. The summed E-state index contributed by atoms with van der Waals surface area (Å²) in [5, 5.41) is 23.9. The average Bonchev–Trinajstić information content (AvgIpc) is 1.74. The summed E-state index contributed by atoms with van der Waals surface area (Å²) in [5.74, 6) is 11.9. The van der Waals surface area contributed by atoms with Crippen LogP contribution in [0.5, 0.6) is 0 Å². The molecular weight excluding hydrogens is 1290 g/mol. The molecule has 0 bridgehead atoms. The van der Waals surface area contributed by atoms with E-state index in [0.29, 0.717) is 65.3 Å². The van der Waals surface area contributed by atoms with Crippen LogP contribution < -0.4 is 31.9 Å². The summed E-state index contributed by atoms with van der Waals surface area (Å²) < 4.78 is 1.15. The van der Waals surface area contributed by atoms with Crippen LogP contribution in [0.1, 0.15) is 237 Å². The van der Waals surface area contributed by atoms with Gasteiger partial charge in [-0.2, -0.15) is 0 Å². The third-order valence-corrected chi connectivity index (χ3v) is 15.0. The van der Waals surface area contributed by atoms with Crippen LogP contribution in [-0.4, -0.2) is 136 Å². The standard InChI is InChI=1S/2C13H18N4.3C12H17N5.C12H17N3S/c1-8(2)12-16-11-5-6-14-7-10(11)13(17-12)15-9(3)4;1-8(2)12-16-10-6-5-7-14-11(10)13(17-12)15-9(3)4;1-7(2)11-16-9-5-13-6-14-10(9)12(17-11)15-8(3)4;1-7(2)10-16-11-9(5-13-6-14-11)12(17-10)15-8(3)4;1-7(2)10-16-11-9(13-5-6-14-11)12(17-10)15-8(3)4;1-7(2)11-14-9-5-6-16-10(9)12(15-11)13-8(3)4/h2*5-9H,1-4H3,(H,15,16,17);5-8H,1-4H3,(H,15,16,17);5-8H,1-4H3,(H,13,14,15,16,17);5-8H,1-4H3,(H,14,15,16,17);5-8H,1-4H3,(H,13,14,15). The average molecular weight is 1390 g/mol. The normalized spacial score (nSPS) is 11.4. The molecule has 12 aromatic heterocycles. The fourth-order valence-corrected chi connectivity index (χ4v) is 10.1. The summed E-state index contributed by atoms with van der Waals surface area (Å²) in [7, 11) is 0. The second-order valence-corrected chi connectivity index (χ2v) is 28.9. The number of pyridine rings is 2. The molecule has 536 valence electrons. The third-order valence-electron chi connectivity index (χ3n) is 14.1. The molecule has 0 spiro atoms. The lowest BCUT2D eigenvalue weighted by Gasteiger charge is -2.14. The van der Waals surface area contributed by atoms with E-state index in [1.165, 1.54) is 12.7 Å². The minimum atomic E-state index is 0.272. The zero-order valence-corrected chi connectivity index (χ0v) is 64.2. The largest absolute Gasteiger partial charge is 0.367 e. The summed E-state index contributed by atoms with van der Waals surface area (Å²) in [5.41, 5.74) is 7.36. The van der Waals surface area contributed by atoms with Gasteiger partial charge in [0.1, 0.15) is 87.1 Å². The number of hydrogen-bond donors (Lipinski definition) is 6. The molecule has 0 amide bonds. The number of fused-ring (bicyclic) bond motifs is 6. The Balaban J connectivity index is 0.000000170. The van der Waals surface area contributed by atoms with Gasteiger partial charge in [-0.1, -0.05) is 83.1 Å². The zero-order chi connectivity index (χ0) is 73.8. The van der Waals surface area contributed by atoms with Gasteiger partial charge in [-0.25, -0.2) is 89.7 Å². The molecule has 0 aliphatic carbocycles. The van der Waals surface area contributed by atoms with Crippen molar-refractivity contribution in [2.75, 3.05) is 31.9 Å². The number of anilines is 6. The van der Waals surface area contributed by atoms with Gasteiger partial charge in [-0.15, -0.1) is 11.3 Å². The van der Waals surface area contributed by atoms with E-state index in [2.05, 4.69) is 309 Å². The van der Waals surface area contributed by atoms with Crippen molar-refractivity contribution in [3.63, 3.8) is 0 Å². The van der Waals surface area contributed by atoms with Gasteiger partial charge in [-0.3, -0.25) is 9.97 Å². The molecule has 12 heterocycles. The van der Waals surface area contributed by atoms with Crippen molar-refractivity contribution in [3.05, 3.63) is 121 Å². The minimum Gasteiger partial charge on any atom is -0.367 e.